The average molecular weight is 218 g/mol. The molecule has 0 bridgehead atoms. The minimum atomic E-state index is -1.67. The fourth-order valence-corrected chi connectivity index (χ4v) is 4.08. The van der Waals surface area contributed by atoms with Gasteiger partial charge in [0.2, 0.25) is 0 Å². The van der Waals surface area contributed by atoms with E-state index in [1.807, 2.05) is 18.2 Å². The number of rotatable bonds is 2. The highest BCUT2D eigenvalue weighted by Gasteiger charge is 2.32. The number of hydrogen-bond acceptors (Lipinski definition) is 2. The van der Waals surface area contributed by atoms with Gasteiger partial charge in [0.15, 0.2) is 0 Å². The molecule has 1 aromatic rings. The van der Waals surface area contributed by atoms with Crippen LogP contribution in [0.15, 0.2) is 41.6 Å². The molecule has 1 heterocycles. The van der Waals surface area contributed by atoms with Crippen molar-refractivity contribution >= 4 is 19.2 Å². The molecule has 0 spiro atoms. The molecular weight excluding hydrogens is 204 g/mol. The maximum Gasteiger partial charge on any atom is 0.330 e. The topological polar surface area (TPSA) is 26.3 Å². The summed E-state index contributed by atoms with van der Waals surface area (Å²) in [6.45, 7) is 4.97. The van der Waals surface area contributed by atoms with Crippen molar-refractivity contribution in [1.82, 2.24) is 0 Å². The second kappa shape index (κ2) is 3.66. The van der Waals surface area contributed by atoms with Gasteiger partial charge in [-0.25, -0.2) is 4.79 Å². The van der Waals surface area contributed by atoms with Crippen molar-refractivity contribution in [3.8, 4) is 0 Å². The van der Waals surface area contributed by atoms with Crippen LogP contribution >= 0.6 is 0 Å². The van der Waals surface area contributed by atoms with E-state index >= 15 is 0 Å². The third kappa shape index (κ3) is 1.88. The Morgan fingerprint density at radius 3 is 2.40 bits per heavy atom. The smallest absolute Gasteiger partial charge is 0.330 e. The molecule has 1 aliphatic heterocycles. The zero-order valence-electron chi connectivity index (χ0n) is 8.99. The van der Waals surface area contributed by atoms with Crippen molar-refractivity contribution in [2.24, 2.45) is 0 Å². The lowest BCUT2D eigenvalue weighted by Crippen LogP contribution is -2.44. The Labute approximate surface area is 90.6 Å². The summed E-state index contributed by atoms with van der Waals surface area (Å²) in [4.78, 5) is 11.1. The molecule has 1 aliphatic rings. The van der Waals surface area contributed by atoms with Gasteiger partial charge in [-0.1, -0.05) is 48.6 Å². The van der Waals surface area contributed by atoms with Crippen LogP contribution in [0.4, 0.5) is 0 Å². The van der Waals surface area contributed by atoms with Crippen molar-refractivity contribution < 1.29 is 9.53 Å². The summed E-state index contributed by atoms with van der Waals surface area (Å²) in [5, 5.41) is 2.52. The fourth-order valence-electron chi connectivity index (χ4n) is 1.78. The van der Waals surface area contributed by atoms with Crippen molar-refractivity contribution in [3.05, 3.63) is 41.6 Å². The van der Waals surface area contributed by atoms with Crippen molar-refractivity contribution in [3.63, 3.8) is 0 Å². The molecule has 0 N–H and O–H groups in total. The number of cyclic esters (lactones) is 1. The van der Waals surface area contributed by atoms with E-state index in [4.69, 9.17) is 4.74 Å². The first-order chi connectivity index (χ1) is 7.10. The van der Waals surface area contributed by atoms with Crippen LogP contribution in [-0.4, -0.2) is 20.7 Å². The first-order valence-electron chi connectivity index (χ1n) is 5.04. The minimum absolute atomic E-state index is 0.193. The Morgan fingerprint density at radius 2 is 1.87 bits per heavy atom. The molecule has 1 aromatic carbocycles. The summed E-state index contributed by atoms with van der Waals surface area (Å²) in [6.07, 6.45) is 1.67. The maximum absolute atomic E-state index is 11.1. The Bertz CT molecular complexity index is 407. The second-order valence-electron chi connectivity index (χ2n) is 4.27. The van der Waals surface area contributed by atoms with E-state index in [2.05, 4.69) is 25.2 Å². The number of carbonyl (C=O) groups is 1. The van der Waals surface area contributed by atoms with Crippen LogP contribution in [0.1, 0.15) is 0 Å². The second-order valence-corrected chi connectivity index (χ2v) is 8.74. The summed E-state index contributed by atoms with van der Waals surface area (Å²) in [5.74, 6) is -0.193. The quantitative estimate of drug-likeness (QED) is 0.557. The van der Waals surface area contributed by atoms with Crippen molar-refractivity contribution in [2.75, 3.05) is 6.61 Å². The van der Waals surface area contributed by atoms with Crippen LogP contribution in [-0.2, 0) is 9.53 Å². The Hall–Kier alpha value is -1.35. The number of ether oxygens (including phenoxy) is 1. The van der Waals surface area contributed by atoms with Gasteiger partial charge in [0.05, 0.1) is 0 Å². The monoisotopic (exact) mass is 218 g/mol. The van der Waals surface area contributed by atoms with Gasteiger partial charge in [-0.3, -0.25) is 0 Å². The highest BCUT2D eigenvalue weighted by Crippen LogP contribution is 2.19. The van der Waals surface area contributed by atoms with Gasteiger partial charge in [-0.05, 0) is 5.20 Å². The normalized spacial score (nSPS) is 16.1. The lowest BCUT2D eigenvalue weighted by atomic mass is 10.4. The van der Waals surface area contributed by atoms with E-state index in [0.29, 0.717) is 6.61 Å². The van der Waals surface area contributed by atoms with Gasteiger partial charge in [-0.15, -0.1) is 0 Å². The summed E-state index contributed by atoms with van der Waals surface area (Å²) < 4.78 is 4.98. The first-order valence-corrected chi connectivity index (χ1v) is 8.04. The number of benzene rings is 1. The van der Waals surface area contributed by atoms with Crippen molar-refractivity contribution in [2.45, 2.75) is 13.1 Å². The number of hydrogen-bond donors (Lipinski definition) is 0. The molecule has 3 heteroatoms. The van der Waals surface area contributed by atoms with E-state index in [-0.39, 0.29) is 5.97 Å². The Morgan fingerprint density at radius 1 is 1.20 bits per heavy atom. The molecule has 2 rings (SSSR count). The molecular formula is C12H14O2Si. The molecule has 0 fully saturated rings. The predicted molar refractivity (Wildman–Crippen MR) is 62.6 cm³/mol. The maximum atomic E-state index is 11.1. The molecule has 15 heavy (non-hydrogen) atoms. The van der Waals surface area contributed by atoms with Gasteiger partial charge >= 0.3 is 5.97 Å². The van der Waals surface area contributed by atoms with Crippen LogP contribution in [0.25, 0.3) is 0 Å². The van der Waals surface area contributed by atoms with Crippen LogP contribution < -0.4 is 5.19 Å². The van der Waals surface area contributed by atoms with Crippen LogP contribution in [0.5, 0.6) is 0 Å². The summed E-state index contributed by atoms with van der Waals surface area (Å²) in [6, 6.07) is 10.4. The molecule has 0 aliphatic carbocycles. The molecule has 0 aromatic heterocycles. The molecule has 0 saturated heterocycles. The predicted octanol–water partition coefficient (Wildman–Crippen LogP) is 1.62. The van der Waals surface area contributed by atoms with Gasteiger partial charge in [-0.2, -0.15) is 0 Å². The Balaban J connectivity index is 2.35. The molecule has 0 unspecified atom stereocenters. The standard InChI is InChI=1S/C12H14O2Si/c1-15(2,10-6-4-3-5-7-10)11-8-12(13)14-9-11/h3-8H,9H2,1-2H3. The molecule has 0 amide bonds. The van der Waals surface area contributed by atoms with Crippen molar-refractivity contribution in [1.29, 1.82) is 0 Å². The summed E-state index contributed by atoms with van der Waals surface area (Å²) in [5.41, 5.74) is 0. The van der Waals surface area contributed by atoms with Crippen LogP contribution in [0.3, 0.4) is 0 Å². The lowest BCUT2D eigenvalue weighted by molar-refractivity contribution is -0.134. The SMILES string of the molecule is C[Si](C)(C1=CC(=O)OC1)c1ccccc1. The molecule has 0 atom stereocenters. The van der Waals surface area contributed by atoms with E-state index < -0.39 is 8.07 Å². The minimum Gasteiger partial charge on any atom is -0.458 e. The van der Waals surface area contributed by atoms with Gasteiger partial charge in [0.25, 0.3) is 0 Å². The third-order valence-corrected chi connectivity index (χ3v) is 6.63. The van der Waals surface area contributed by atoms with E-state index in [1.165, 1.54) is 10.4 Å². The fraction of sp³-hybridized carbons (Fsp3) is 0.250. The first kappa shape index (κ1) is 10.2. The molecule has 78 valence electrons. The van der Waals surface area contributed by atoms with Gasteiger partial charge < -0.3 is 4.74 Å². The third-order valence-electron chi connectivity index (χ3n) is 2.96. The van der Waals surface area contributed by atoms with E-state index in [0.717, 1.165) is 0 Å². The van der Waals surface area contributed by atoms with E-state index in [1.54, 1.807) is 6.08 Å². The zero-order valence-corrected chi connectivity index (χ0v) is 9.99. The highest BCUT2D eigenvalue weighted by molar-refractivity contribution is 6.96. The molecule has 0 radical (unpaired) electrons. The lowest BCUT2D eigenvalue weighted by Gasteiger charge is -2.23. The van der Waals surface area contributed by atoms with Gasteiger partial charge in [0.1, 0.15) is 14.7 Å². The number of esters is 1. The van der Waals surface area contributed by atoms with Gasteiger partial charge in [0, 0.05) is 6.08 Å². The average Bonchev–Trinajstić information content (AvgIpc) is 2.67. The summed E-state index contributed by atoms with van der Waals surface area (Å²) in [7, 11) is -1.67. The number of carbonyl (C=O) groups excluding carboxylic acids is 1. The van der Waals surface area contributed by atoms with Crippen LogP contribution in [0.2, 0.25) is 13.1 Å². The zero-order chi connectivity index (χ0) is 10.9. The molecule has 2 nitrogen and oxygen atoms in total. The van der Waals surface area contributed by atoms with E-state index in [9.17, 15) is 4.79 Å². The highest BCUT2D eigenvalue weighted by atomic mass is 28.3. The largest absolute Gasteiger partial charge is 0.458 e. The molecule has 0 saturated carbocycles. The summed E-state index contributed by atoms with van der Waals surface area (Å²) >= 11 is 0. The van der Waals surface area contributed by atoms with Crippen LogP contribution in [0, 0.1) is 0 Å². The Kier molecular flexibility index (Phi) is 2.48.